The molecule has 200 valence electrons. The third kappa shape index (κ3) is 4.77. The molecule has 0 spiro atoms. The Morgan fingerprint density at radius 3 is 2.55 bits per heavy atom. The number of alkyl halides is 4. The van der Waals surface area contributed by atoms with Gasteiger partial charge in [-0.1, -0.05) is 0 Å². The fourth-order valence-electron chi connectivity index (χ4n) is 4.84. The third-order valence-corrected chi connectivity index (χ3v) is 8.22. The van der Waals surface area contributed by atoms with Crippen molar-refractivity contribution in [3.63, 3.8) is 0 Å². The number of pyridine rings is 1. The molecule has 0 aliphatic heterocycles. The zero-order valence-corrected chi connectivity index (χ0v) is 20.8. The summed E-state index contributed by atoms with van der Waals surface area (Å²) in [6, 6.07) is 9.72. The van der Waals surface area contributed by atoms with Crippen molar-refractivity contribution in [1.82, 2.24) is 14.8 Å². The molecule has 1 unspecified atom stereocenters. The molecule has 8 nitrogen and oxygen atoms in total. The number of ether oxygens (including phenoxy) is 1. The molecule has 2 aliphatic carbocycles. The molecule has 2 heterocycles. The highest BCUT2D eigenvalue weighted by molar-refractivity contribution is 7.92. The van der Waals surface area contributed by atoms with Crippen LogP contribution in [0.15, 0.2) is 75.8 Å². The first kappa shape index (κ1) is 25.9. The van der Waals surface area contributed by atoms with Crippen molar-refractivity contribution < 1.29 is 30.7 Å². The van der Waals surface area contributed by atoms with Crippen LogP contribution in [0.1, 0.15) is 19.3 Å². The molecule has 0 radical (unpaired) electrons. The molecule has 0 bridgehead atoms. The van der Waals surface area contributed by atoms with Crippen molar-refractivity contribution in [2.45, 2.75) is 36.5 Å². The van der Waals surface area contributed by atoms with Gasteiger partial charge in [0, 0.05) is 24.1 Å². The van der Waals surface area contributed by atoms with Gasteiger partial charge in [0.2, 0.25) is 0 Å². The van der Waals surface area contributed by atoms with E-state index in [2.05, 4.69) is 14.9 Å². The van der Waals surface area contributed by atoms with E-state index in [1.807, 2.05) is 0 Å². The van der Waals surface area contributed by atoms with Gasteiger partial charge in [-0.2, -0.15) is 18.3 Å². The molecule has 2 aromatic heterocycles. The van der Waals surface area contributed by atoms with Crippen molar-refractivity contribution in [1.29, 1.82) is 0 Å². The predicted molar refractivity (Wildman–Crippen MR) is 131 cm³/mol. The monoisotopic (exact) mass is 550 g/mol. The lowest BCUT2D eigenvalue weighted by Crippen LogP contribution is -2.39. The molecular formula is C25H22F4N4O4S. The van der Waals surface area contributed by atoms with Crippen LogP contribution in [0, 0.1) is 11.8 Å². The number of nitrogens with one attached hydrogen (secondary N) is 1. The van der Waals surface area contributed by atoms with Crippen LogP contribution in [0.25, 0.3) is 16.6 Å². The molecule has 1 fully saturated rings. The van der Waals surface area contributed by atoms with Crippen LogP contribution in [0.3, 0.4) is 0 Å². The zero-order valence-electron chi connectivity index (χ0n) is 19.9. The van der Waals surface area contributed by atoms with Crippen LogP contribution in [-0.2, 0) is 14.8 Å². The van der Waals surface area contributed by atoms with Crippen LogP contribution < -0.4 is 10.3 Å². The second-order valence-corrected chi connectivity index (χ2v) is 10.9. The van der Waals surface area contributed by atoms with Gasteiger partial charge in [-0.05, 0) is 66.8 Å². The third-order valence-electron chi connectivity index (χ3n) is 6.87. The second-order valence-electron chi connectivity index (χ2n) is 9.18. The Morgan fingerprint density at radius 1 is 1.13 bits per heavy atom. The Hall–Kier alpha value is -3.74. The molecule has 1 saturated carbocycles. The molecule has 3 aromatic rings. The SMILES string of the molecule is COC1=C(n2c(=O)ccc3cc(S(=O)(=O)Nc4cccnn4)ccc32)CC(F)C(C2CC(C(F)(F)F)C2)=C1. The van der Waals surface area contributed by atoms with E-state index in [1.165, 1.54) is 66.4 Å². The highest BCUT2D eigenvalue weighted by Gasteiger charge is 2.50. The van der Waals surface area contributed by atoms with Gasteiger partial charge >= 0.3 is 6.18 Å². The van der Waals surface area contributed by atoms with E-state index in [0.29, 0.717) is 10.9 Å². The number of fused-ring (bicyclic) bond motifs is 1. The fraction of sp³-hybridized carbons (Fsp3) is 0.320. The normalized spacial score (nSPS) is 22.1. The van der Waals surface area contributed by atoms with Gasteiger partial charge in [0.15, 0.2) is 5.82 Å². The molecule has 5 rings (SSSR count). The summed E-state index contributed by atoms with van der Waals surface area (Å²) in [5, 5.41) is 7.72. The molecule has 2 aliphatic rings. The van der Waals surface area contributed by atoms with Crippen LogP contribution in [0.4, 0.5) is 23.4 Å². The summed E-state index contributed by atoms with van der Waals surface area (Å²) >= 11 is 0. The summed E-state index contributed by atoms with van der Waals surface area (Å²) in [5.41, 5.74) is 0.229. The standard InChI is InChI=1S/C25H22F4N4O4S/c1-37-22-12-18(15-9-16(10-15)25(27,28)29)19(26)13-21(22)33-20-6-5-17(11-14(20)4-7-24(33)34)38(35,36)32-23-3-2-8-30-31-23/h2-8,11-12,15-16,19H,9-10,13H2,1H3,(H,31,32). The topological polar surface area (TPSA) is 103 Å². The number of benzene rings is 1. The Balaban J connectivity index is 1.52. The predicted octanol–water partition coefficient (Wildman–Crippen LogP) is 4.66. The van der Waals surface area contributed by atoms with E-state index >= 15 is 4.39 Å². The summed E-state index contributed by atoms with van der Waals surface area (Å²) in [4.78, 5) is 12.8. The summed E-state index contributed by atoms with van der Waals surface area (Å²) in [5.74, 6) is -1.81. The van der Waals surface area contributed by atoms with E-state index in [0.717, 1.165) is 0 Å². The van der Waals surface area contributed by atoms with Gasteiger partial charge < -0.3 is 4.74 Å². The molecule has 1 aromatic carbocycles. The molecule has 1 N–H and O–H groups in total. The number of anilines is 1. The fourth-order valence-corrected chi connectivity index (χ4v) is 5.88. The van der Waals surface area contributed by atoms with Gasteiger partial charge in [0.05, 0.1) is 29.1 Å². The van der Waals surface area contributed by atoms with Crippen molar-refractivity contribution >= 4 is 32.4 Å². The minimum atomic E-state index is -4.31. The minimum Gasteiger partial charge on any atom is -0.495 e. The van der Waals surface area contributed by atoms with E-state index < -0.39 is 39.8 Å². The minimum absolute atomic E-state index is 0.0271. The highest BCUT2D eigenvalue weighted by Crippen LogP contribution is 2.50. The summed E-state index contributed by atoms with van der Waals surface area (Å²) in [6.45, 7) is 0. The van der Waals surface area contributed by atoms with E-state index in [1.54, 1.807) is 0 Å². The van der Waals surface area contributed by atoms with Gasteiger partial charge in [0.25, 0.3) is 15.6 Å². The van der Waals surface area contributed by atoms with Gasteiger partial charge in [-0.15, -0.1) is 5.10 Å². The van der Waals surface area contributed by atoms with Gasteiger partial charge in [-0.3, -0.25) is 14.1 Å². The Morgan fingerprint density at radius 2 is 1.89 bits per heavy atom. The smallest absolute Gasteiger partial charge is 0.391 e. The first-order chi connectivity index (χ1) is 18.0. The highest BCUT2D eigenvalue weighted by atomic mass is 32.2. The molecule has 1 atom stereocenters. The Kier molecular flexibility index (Phi) is 6.49. The largest absolute Gasteiger partial charge is 0.495 e. The van der Waals surface area contributed by atoms with E-state index in [9.17, 15) is 26.4 Å². The van der Waals surface area contributed by atoms with Crippen LogP contribution >= 0.6 is 0 Å². The van der Waals surface area contributed by atoms with E-state index in [-0.39, 0.29) is 47.0 Å². The first-order valence-electron chi connectivity index (χ1n) is 11.6. The molecular weight excluding hydrogens is 528 g/mol. The number of sulfonamides is 1. The van der Waals surface area contributed by atoms with E-state index in [4.69, 9.17) is 4.74 Å². The molecule has 0 amide bonds. The summed E-state index contributed by atoms with van der Waals surface area (Å²) in [6.07, 6.45) is -3.78. The number of rotatable bonds is 6. The zero-order chi connectivity index (χ0) is 27.2. The second kappa shape index (κ2) is 9.53. The van der Waals surface area contributed by atoms with Crippen LogP contribution in [-0.4, -0.2) is 42.6 Å². The van der Waals surface area contributed by atoms with Crippen molar-refractivity contribution in [2.24, 2.45) is 11.8 Å². The number of aromatic nitrogens is 3. The maximum Gasteiger partial charge on any atom is 0.391 e. The van der Waals surface area contributed by atoms with Crippen molar-refractivity contribution in [3.8, 4) is 0 Å². The van der Waals surface area contributed by atoms with Crippen molar-refractivity contribution in [2.75, 3.05) is 11.8 Å². The van der Waals surface area contributed by atoms with Crippen molar-refractivity contribution in [3.05, 3.63) is 76.4 Å². The maximum atomic E-state index is 15.3. The molecule has 38 heavy (non-hydrogen) atoms. The lowest BCUT2D eigenvalue weighted by molar-refractivity contribution is -0.202. The lowest BCUT2D eigenvalue weighted by Gasteiger charge is -2.40. The summed E-state index contributed by atoms with van der Waals surface area (Å²) < 4.78 is 88.8. The number of halogens is 4. The first-order valence-corrected chi connectivity index (χ1v) is 13.1. The van der Waals surface area contributed by atoms with Crippen LogP contribution in [0.5, 0.6) is 0 Å². The summed E-state index contributed by atoms with van der Waals surface area (Å²) in [7, 11) is -2.70. The average Bonchev–Trinajstić information content (AvgIpc) is 2.83. The average molecular weight is 551 g/mol. The maximum absolute atomic E-state index is 15.3. The number of allylic oxidation sites excluding steroid dienone is 3. The number of hydrogen-bond acceptors (Lipinski definition) is 6. The van der Waals surface area contributed by atoms with Gasteiger partial charge in [-0.25, -0.2) is 12.8 Å². The quantitative estimate of drug-likeness (QED) is 0.448. The van der Waals surface area contributed by atoms with Gasteiger partial charge in [0.1, 0.15) is 11.9 Å². The molecule has 13 heteroatoms. The number of nitrogens with zero attached hydrogens (tertiary/aromatic N) is 3. The number of hydrogen-bond donors (Lipinski definition) is 1. The lowest BCUT2D eigenvalue weighted by atomic mass is 9.68. The number of methoxy groups -OCH3 is 1. The Labute approximate surface area is 214 Å². The molecule has 0 saturated heterocycles. The van der Waals surface area contributed by atoms with Crippen LogP contribution in [0.2, 0.25) is 0 Å². The Bertz CT molecular complexity index is 1610.